The lowest BCUT2D eigenvalue weighted by Gasteiger charge is -2.18. The summed E-state index contributed by atoms with van der Waals surface area (Å²) in [6, 6.07) is 6.23. The Morgan fingerprint density at radius 1 is 0.917 bits per heavy atom. The Labute approximate surface area is 145 Å². The van der Waals surface area contributed by atoms with Crippen LogP contribution in [0.25, 0.3) is 0 Å². The molecule has 0 aromatic heterocycles. The number of esters is 1. The number of hydrogen-bond acceptors (Lipinski definition) is 3. The highest BCUT2D eigenvalue weighted by Crippen LogP contribution is 2.18. The van der Waals surface area contributed by atoms with Crippen LogP contribution in [0.1, 0.15) is 92.4 Å². The van der Waals surface area contributed by atoms with E-state index in [2.05, 4.69) is 13.8 Å². The molecule has 1 rings (SSSR count). The van der Waals surface area contributed by atoms with Gasteiger partial charge in [0.05, 0.1) is 11.1 Å². The van der Waals surface area contributed by atoms with Crippen LogP contribution >= 0.6 is 0 Å². The van der Waals surface area contributed by atoms with Gasteiger partial charge in [0, 0.05) is 0 Å². The van der Waals surface area contributed by atoms with Crippen LogP contribution in [-0.4, -0.2) is 23.1 Å². The highest BCUT2D eigenvalue weighted by molar-refractivity contribution is 6.02. The summed E-state index contributed by atoms with van der Waals surface area (Å²) in [6.07, 6.45) is 9.40. The van der Waals surface area contributed by atoms with E-state index in [4.69, 9.17) is 4.74 Å². The van der Waals surface area contributed by atoms with Crippen molar-refractivity contribution in [2.75, 3.05) is 0 Å². The van der Waals surface area contributed by atoms with Crippen LogP contribution in [0.2, 0.25) is 0 Å². The van der Waals surface area contributed by atoms with Crippen molar-refractivity contribution in [3.8, 4) is 0 Å². The van der Waals surface area contributed by atoms with Gasteiger partial charge in [-0.1, -0.05) is 58.1 Å². The van der Waals surface area contributed by atoms with Gasteiger partial charge >= 0.3 is 11.9 Å². The molecule has 0 spiro atoms. The maximum absolute atomic E-state index is 12.4. The minimum Gasteiger partial charge on any atom is -0.478 e. The van der Waals surface area contributed by atoms with Gasteiger partial charge in [-0.25, -0.2) is 9.59 Å². The number of carboxylic acid groups (broad SMARTS) is 1. The standard InChI is InChI=1S/C20H30O4/c1-3-5-7-9-13-16(12-8-6-4-2)24-20(23)18-15-11-10-14-17(18)19(21)22/h10-11,14-16H,3-9,12-13H2,1-2H3,(H,21,22). The van der Waals surface area contributed by atoms with Crippen molar-refractivity contribution in [3.05, 3.63) is 35.4 Å². The fourth-order valence-electron chi connectivity index (χ4n) is 2.75. The van der Waals surface area contributed by atoms with E-state index < -0.39 is 11.9 Å². The van der Waals surface area contributed by atoms with Crippen LogP contribution < -0.4 is 0 Å². The maximum atomic E-state index is 12.4. The molecule has 1 unspecified atom stereocenters. The number of benzene rings is 1. The van der Waals surface area contributed by atoms with Gasteiger partial charge in [-0.3, -0.25) is 0 Å². The molecule has 1 N–H and O–H groups in total. The van der Waals surface area contributed by atoms with Crippen molar-refractivity contribution in [1.29, 1.82) is 0 Å². The number of aromatic carboxylic acids is 1. The molecule has 0 bridgehead atoms. The van der Waals surface area contributed by atoms with E-state index in [1.165, 1.54) is 25.0 Å². The molecule has 1 aromatic carbocycles. The average molecular weight is 334 g/mol. The first-order chi connectivity index (χ1) is 11.6. The third kappa shape index (κ3) is 7.16. The molecule has 0 aliphatic heterocycles. The molecule has 0 amide bonds. The monoisotopic (exact) mass is 334 g/mol. The van der Waals surface area contributed by atoms with Crippen molar-refractivity contribution in [2.24, 2.45) is 0 Å². The Kier molecular flexibility index (Phi) is 9.81. The van der Waals surface area contributed by atoms with Gasteiger partial charge in [-0.2, -0.15) is 0 Å². The van der Waals surface area contributed by atoms with Crippen LogP contribution in [0.3, 0.4) is 0 Å². The summed E-state index contributed by atoms with van der Waals surface area (Å²) in [6.45, 7) is 4.31. The fraction of sp³-hybridized carbons (Fsp3) is 0.600. The Balaban J connectivity index is 2.69. The van der Waals surface area contributed by atoms with Crippen LogP contribution in [0.5, 0.6) is 0 Å². The summed E-state index contributed by atoms with van der Waals surface area (Å²) in [4.78, 5) is 23.7. The zero-order valence-corrected chi connectivity index (χ0v) is 14.9. The van der Waals surface area contributed by atoms with Gasteiger partial charge in [0.2, 0.25) is 0 Å². The van der Waals surface area contributed by atoms with E-state index in [0.29, 0.717) is 0 Å². The van der Waals surface area contributed by atoms with Crippen molar-refractivity contribution >= 4 is 11.9 Å². The van der Waals surface area contributed by atoms with E-state index in [1.807, 2.05) is 0 Å². The highest BCUT2D eigenvalue weighted by Gasteiger charge is 2.20. The average Bonchev–Trinajstić information content (AvgIpc) is 2.58. The quantitative estimate of drug-likeness (QED) is 0.407. The smallest absolute Gasteiger partial charge is 0.339 e. The highest BCUT2D eigenvalue weighted by atomic mass is 16.5. The molecule has 0 heterocycles. The Hall–Kier alpha value is -1.84. The number of hydrogen-bond donors (Lipinski definition) is 1. The molecule has 1 atom stereocenters. The van der Waals surface area contributed by atoms with Crippen LogP contribution in [-0.2, 0) is 4.74 Å². The van der Waals surface area contributed by atoms with Gasteiger partial charge in [0.15, 0.2) is 0 Å². The largest absolute Gasteiger partial charge is 0.478 e. The predicted molar refractivity (Wildman–Crippen MR) is 95.5 cm³/mol. The first kappa shape index (κ1) is 20.2. The lowest BCUT2D eigenvalue weighted by atomic mass is 10.0. The number of carbonyl (C=O) groups excluding carboxylic acids is 1. The van der Waals surface area contributed by atoms with Gasteiger partial charge in [0.1, 0.15) is 6.10 Å². The van der Waals surface area contributed by atoms with Gasteiger partial charge < -0.3 is 9.84 Å². The van der Waals surface area contributed by atoms with E-state index in [1.54, 1.807) is 12.1 Å². The third-order valence-electron chi connectivity index (χ3n) is 4.16. The van der Waals surface area contributed by atoms with E-state index in [0.717, 1.165) is 44.9 Å². The van der Waals surface area contributed by atoms with Crippen molar-refractivity contribution in [1.82, 2.24) is 0 Å². The molecule has 134 valence electrons. The summed E-state index contributed by atoms with van der Waals surface area (Å²) in [7, 11) is 0. The molecule has 24 heavy (non-hydrogen) atoms. The predicted octanol–water partition coefficient (Wildman–Crippen LogP) is 5.46. The first-order valence-electron chi connectivity index (χ1n) is 9.13. The number of carbonyl (C=O) groups is 2. The molecule has 0 saturated heterocycles. The van der Waals surface area contributed by atoms with Crippen molar-refractivity contribution in [2.45, 2.75) is 77.7 Å². The van der Waals surface area contributed by atoms with Gasteiger partial charge in [-0.15, -0.1) is 0 Å². The van der Waals surface area contributed by atoms with Gasteiger partial charge in [-0.05, 0) is 37.8 Å². The fourth-order valence-corrected chi connectivity index (χ4v) is 2.75. The molecule has 0 fully saturated rings. The number of rotatable bonds is 12. The lowest BCUT2D eigenvalue weighted by molar-refractivity contribution is 0.0244. The van der Waals surface area contributed by atoms with E-state index in [9.17, 15) is 14.7 Å². The molecular formula is C20H30O4. The SMILES string of the molecule is CCCCCCC(CCCCC)OC(=O)c1ccccc1C(=O)O. The summed E-state index contributed by atoms with van der Waals surface area (Å²) >= 11 is 0. The maximum Gasteiger partial charge on any atom is 0.339 e. The van der Waals surface area contributed by atoms with E-state index in [-0.39, 0.29) is 17.2 Å². The zero-order valence-electron chi connectivity index (χ0n) is 14.9. The second kappa shape index (κ2) is 11.7. The Morgan fingerprint density at radius 3 is 2.04 bits per heavy atom. The number of ether oxygens (including phenoxy) is 1. The summed E-state index contributed by atoms with van der Waals surface area (Å²) in [5.74, 6) is -1.63. The topological polar surface area (TPSA) is 63.6 Å². The summed E-state index contributed by atoms with van der Waals surface area (Å²) in [5, 5.41) is 9.21. The Bertz CT molecular complexity index is 510. The van der Waals surface area contributed by atoms with Crippen LogP contribution in [0.4, 0.5) is 0 Å². The third-order valence-corrected chi connectivity index (χ3v) is 4.16. The molecule has 0 aliphatic rings. The molecule has 4 heteroatoms. The Morgan fingerprint density at radius 2 is 1.46 bits per heavy atom. The first-order valence-corrected chi connectivity index (χ1v) is 9.13. The summed E-state index contributed by atoms with van der Waals surface area (Å²) in [5.41, 5.74) is 0.139. The van der Waals surface area contributed by atoms with E-state index >= 15 is 0 Å². The van der Waals surface area contributed by atoms with Crippen molar-refractivity contribution < 1.29 is 19.4 Å². The zero-order chi connectivity index (χ0) is 17.8. The molecule has 0 radical (unpaired) electrons. The molecule has 0 saturated carbocycles. The minimum atomic E-state index is -1.10. The van der Waals surface area contributed by atoms with Crippen molar-refractivity contribution in [3.63, 3.8) is 0 Å². The van der Waals surface area contributed by atoms with Gasteiger partial charge in [0.25, 0.3) is 0 Å². The number of unbranched alkanes of at least 4 members (excludes halogenated alkanes) is 5. The second-order valence-electron chi connectivity index (χ2n) is 6.22. The van der Waals surface area contributed by atoms with Crippen LogP contribution in [0, 0.1) is 0 Å². The molecule has 0 aliphatic carbocycles. The normalized spacial score (nSPS) is 11.9. The van der Waals surface area contributed by atoms with Crippen LogP contribution in [0.15, 0.2) is 24.3 Å². The molecular weight excluding hydrogens is 304 g/mol. The summed E-state index contributed by atoms with van der Waals surface area (Å²) < 4.78 is 5.65. The molecule has 1 aromatic rings. The lowest BCUT2D eigenvalue weighted by Crippen LogP contribution is -2.20. The number of carboxylic acids is 1. The second-order valence-corrected chi connectivity index (χ2v) is 6.22. The molecule has 4 nitrogen and oxygen atoms in total. The minimum absolute atomic E-state index is 0.000733.